The second kappa shape index (κ2) is 26.1. The van der Waals surface area contributed by atoms with Gasteiger partial charge in [-0.25, -0.2) is 14.6 Å². The molecule has 3 aliphatic heterocycles. The highest BCUT2D eigenvalue weighted by molar-refractivity contribution is 9.11. The topological polar surface area (TPSA) is 195 Å². The largest absolute Gasteiger partial charge is 0.462 e. The van der Waals surface area contributed by atoms with Crippen LogP contribution in [0, 0.1) is 0 Å². The Labute approximate surface area is 364 Å². The van der Waals surface area contributed by atoms with Crippen LogP contribution in [0.1, 0.15) is 89.3 Å². The number of rotatable bonds is 18. The Kier molecular flexibility index (Phi) is 21.4. The minimum absolute atomic E-state index is 0.00295. The molecule has 0 spiro atoms. The quantitative estimate of drug-likeness (QED) is 0.0784. The number of nitrogens with one attached hydrogen (secondary N) is 5. The summed E-state index contributed by atoms with van der Waals surface area (Å²) in [5, 5.41) is 18.1. The molecule has 2 bridgehead atoms. The van der Waals surface area contributed by atoms with Crippen LogP contribution in [-0.4, -0.2) is 122 Å². The fourth-order valence-corrected chi connectivity index (χ4v) is 9.82. The van der Waals surface area contributed by atoms with Gasteiger partial charge in [-0.2, -0.15) is 11.8 Å². The zero-order valence-corrected chi connectivity index (χ0v) is 37.8. The summed E-state index contributed by atoms with van der Waals surface area (Å²) < 4.78 is 23.4. The van der Waals surface area contributed by atoms with Crippen LogP contribution in [0.4, 0.5) is 4.79 Å². The standard InChI is InChI=1S/C41H61BrN6O9S2/c1-26-8-7-11-38(51)57-31(20-28(3)42)22-37-46-32(24-59-37)27(2)19-30(21-39(52)56-29(4)18-26)45-23-36(50)44-13-15-55-17-16-54-14-12-43-35(49)10-6-5-9-34-40-33(25-58-34)47-41(53)48-40/h7-8,11,20,24,27,29-31,33-34,40,45H,5-6,9-10,12-19,21-23,25H2,1-4H3,(H,43,49)(H,44,50)(H2,47,48,53)/b11-7-,26-8+,28-20+/t27-,29-,30+,31+,33?,34?,40?/m0/s1. The average Bonchev–Trinajstić information content (AvgIpc) is 3.88. The molecular formula is C41H61BrN6O9S2. The maximum Gasteiger partial charge on any atom is 0.331 e. The van der Waals surface area contributed by atoms with Gasteiger partial charge in [0.15, 0.2) is 0 Å². The maximum absolute atomic E-state index is 13.1. The van der Waals surface area contributed by atoms with Gasteiger partial charge < -0.3 is 45.5 Å². The molecule has 4 heterocycles. The van der Waals surface area contributed by atoms with Crippen molar-refractivity contribution in [1.82, 2.24) is 31.6 Å². The number of nitrogens with zero attached hydrogens (tertiary/aromatic N) is 1. The number of cyclic esters (lactones) is 2. The van der Waals surface area contributed by atoms with Gasteiger partial charge in [0.25, 0.3) is 0 Å². The number of unbranched alkanes of at least 4 members (excludes halogenated alkanes) is 1. The molecule has 3 aliphatic rings. The molecule has 1 aromatic rings. The monoisotopic (exact) mass is 924 g/mol. The van der Waals surface area contributed by atoms with Crippen LogP contribution in [0.15, 0.2) is 39.7 Å². The Morgan fingerprint density at radius 2 is 1.75 bits per heavy atom. The molecule has 0 aromatic carbocycles. The van der Waals surface area contributed by atoms with E-state index in [1.165, 1.54) is 17.4 Å². The number of carbonyl (C=O) groups is 5. The summed E-state index contributed by atoms with van der Waals surface area (Å²) in [5.74, 6) is -0.155. The van der Waals surface area contributed by atoms with Crippen LogP contribution < -0.4 is 26.6 Å². The highest BCUT2D eigenvalue weighted by Crippen LogP contribution is 2.33. The third-order valence-electron chi connectivity index (χ3n) is 9.88. The van der Waals surface area contributed by atoms with Gasteiger partial charge in [0.05, 0.1) is 62.2 Å². The molecule has 5 N–H and O–H groups in total. The van der Waals surface area contributed by atoms with Crippen LogP contribution in [0.25, 0.3) is 0 Å². The number of aromatic nitrogens is 1. The number of carbonyl (C=O) groups excluding carboxylic acids is 5. The van der Waals surface area contributed by atoms with Crippen LogP contribution in [0.5, 0.6) is 0 Å². The van der Waals surface area contributed by atoms with Crippen LogP contribution in [-0.2, 0) is 44.5 Å². The predicted molar refractivity (Wildman–Crippen MR) is 233 cm³/mol. The van der Waals surface area contributed by atoms with Gasteiger partial charge in [0.2, 0.25) is 11.8 Å². The van der Waals surface area contributed by atoms with Crippen molar-refractivity contribution in [2.75, 3.05) is 51.8 Å². The van der Waals surface area contributed by atoms with E-state index >= 15 is 0 Å². The van der Waals surface area contributed by atoms with E-state index in [0.717, 1.165) is 45.8 Å². The summed E-state index contributed by atoms with van der Waals surface area (Å²) in [4.78, 5) is 66.9. The van der Waals surface area contributed by atoms with Gasteiger partial charge in [-0.1, -0.05) is 47.0 Å². The molecule has 0 radical (unpaired) electrons. The van der Waals surface area contributed by atoms with Crippen molar-refractivity contribution < 1.29 is 42.9 Å². The molecule has 18 heteroatoms. The molecule has 3 unspecified atom stereocenters. The van der Waals surface area contributed by atoms with Gasteiger partial charge in [-0.15, -0.1) is 11.3 Å². The molecular weight excluding hydrogens is 865 g/mol. The summed E-state index contributed by atoms with van der Waals surface area (Å²) in [6.45, 7) is 9.78. The Hall–Kier alpha value is -3.29. The number of thioether (sulfide) groups is 1. The molecule has 2 saturated heterocycles. The summed E-state index contributed by atoms with van der Waals surface area (Å²) in [6, 6.07) is -0.0133. The Morgan fingerprint density at radius 3 is 2.49 bits per heavy atom. The zero-order valence-electron chi connectivity index (χ0n) is 34.6. The Balaban J connectivity index is 1.11. The summed E-state index contributed by atoms with van der Waals surface area (Å²) in [5.41, 5.74) is 1.79. The predicted octanol–water partition coefficient (Wildman–Crippen LogP) is 4.57. The maximum atomic E-state index is 13.1. The lowest BCUT2D eigenvalue weighted by Crippen LogP contribution is -2.42. The highest BCUT2D eigenvalue weighted by Gasteiger charge is 2.42. The second-order valence-electron chi connectivity index (χ2n) is 15.2. The number of amides is 4. The minimum Gasteiger partial charge on any atom is -0.462 e. The van der Waals surface area contributed by atoms with Crippen LogP contribution >= 0.6 is 39.0 Å². The number of allylic oxidation sites excluding steroid dienone is 3. The first-order valence-corrected chi connectivity index (χ1v) is 23.2. The SMILES string of the molecule is C/C(Br)=C\[C@@H]1Cc2nc(cs2)[C@@H](C)C[C@@H](NCC(=O)NCCOCCOCCNC(=O)CCCCC2SCC3NC(=O)NC32)CC(=O)O[C@@H](C)C/C(C)=C/C=C\C(=O)O1. The van der Waals surface area contributed by atoms with Gasteiger partial charge in [0, 0.05) is 66.8 Å². The van der Waals surface area contributed by atoms with Gasteiger partial charge in [-0.05, 0) is 50.6 Å². The number of hydrogen-bond donors (Lipinski definition) is 5. The van der Waals surface area contributed by atoms with Gasteiger partial charge >= 0.3 is 18.0 Å². The van der Waals surface area contributed by atoms with Crippen LogP contribution in [0.3, 0.4) is 0 Å². The summed E-state index contributed by atoms with van der Waals surface area (Å²) in [6.07, 6.45) is 10.5. The van der Waals surface area contributed by atoms with Crippen molar-refractivity contribution in [2.24, 2.45) is 0 Å². The third-order valence-corrected chi connectivity index (χ3v) is 12.5. The molecule has 0 saturated carbocycles. The van der Waals surface area contributed by atoms with Crippen molar-refractivity contribution in [2.45, 2.75) is 121 Å². The van der Waals surface area contributed by atoms with E-state index in [1.54, 1.807) is 12.2 Å². The zero-order chi connectivity index (χ0) is 42.6. The first-order valence-electron chi connectivity index (χ1n) is 20.5. The van der Waals surface area contributed by atoms with E-state index in [1.807, 2.05) is 50.9 Å². The molecule has 1 aromatic heterocycles. The number of thiazole rings is 1. The molecule has 7 atom stereocenters. The average molecular weight is 926 g/mol. The van der Waals surface area contributed by atoms with Gasteiger partial charge in [-0.3, -0.25) is 14.4 Å². The number of urea groups is 1. The molecule has 0 aliphatic carbocycles. The van der Waals surface area contributed by atoms with E-state index in [2.05, 4.69) is 42.5 Å². The fraction of sp³-hybridized carbons (Fsp3) is 0.659. The van der Waals surface area contributed by atoms with Crippen molar-refractivity contribution in [3.05, 3.63) is 50.4 Å². The fourth-order valence-electron chi connectivity index (χ4n) is 7.02. The first kappa shape index (κ1) is 48.4. The van der Waals surface area contributed by atoms with Crippen molar-refractivity contribution in [3.8, 4) is 0 Å². The molecule has 4 amide bonds. The van der Waals surface area contributed by atoms with Crippen molar-refractivity contribution in [3.63, 3.8) is 0 Å². The van der Waals surface area contributed by atoms with E-state index in [4.69, 9.17) is 23.9 Å². The number of halogens is 1. The number of ether oxygens (including phenoxy) is 4. The van der Waals surface area contributed by atoms with Crippen LogP contribution in [0.2, 0.25) is 0 Å². The summed E-state index contributed by atoms with van der Waals surface area (Å²) in [7, 11) is 0. The normalized spacial score (nSPS) is 27.1. The lowest BCUT2D eigenvalue weighted by Gasteiger charge is -2.22. The van der Waals surface area contributed by atoms with Crippen molar-refractivity contribution in [1.29, 1.82) is 0 Å². The lowest BCUT2D eigenvalue weighted by atomic mass is 9.97. The highest BCUT2D eigenvalue weighted by atomic mass is 79.9. The van der Waals surface area contributed by atoms with Crippen molar-refractivity contribution >= 4 is 68.8 Å². The smallest absolute Gasteiger partial charge is 0.331 e. The number of esters is 2. The minimum atomic E-state index is -0.503. The molecule has 328 valence electrons. The first-order chi connectivity index (χ1) is 28.3. The van der Waals surface area contributed by atoms with E-state index < -0.39 is 12.1 Å². The van der Waals surface area contributed by atoms with E-state index in [9.17, 15) is 24.0 Å². The van der Waals surface area contributed by atoms with E-state index in [-0.39, 0.29) is 66.9 Å². The number of hydrogen-bond acceptors (Lipinski definition) is 13. The Bertz CT molecular complexity index is 1640. The summed E-state index contributed by atoms with van der Waals surface area (Å²) >= 11 is 6.82. The van der Waals surface area contributed by atoms with Gasteiger partial charge in [0.1, 0.15) is 12.2 Å². The van der Waals surface area contributed by atoms with E-state index in [0.29, 0.717) is 70.5 Å². The lowest BCUT2D eigenvalue weighted by molar-refractivity contribution is -0.149. The second-order valence-corrected chi connectivity index (χ2v) is 18.7. The molecule has 15 nitrogen and oxygen atoms in total. The Morgan fingerprint density at radius 1 is 1.00 bits per heavy atom. The number of fused-ring (bicyclic) bond motifs is 3. The third kappa shape index (κ3) is 18.9. The molecule has 59 heavy (non-hydrogen) atoms. The molecule has 2 fully saturated rings. The molecule has 4 rings (SSSR count).